The van der Waals surface area contributed by atoms with Crippen molar-refractivity contribution in [3.8, 4) is 0 Å². The van der Waals surface area contributed by atoms with Crippen LogP contribution in [0.3, 0.4) is 0 Å². The summed E-state index contributed by atoms with van der Waals surface area (Å²) in [6.07, 6.45) is 5.73. The van der Waals surface area contributed by atoms with Gasteiger partial charge in [0.1, 0.15) is 0 Å². The van der Waals surface area contributed by atoms with E-state index in [1.807, 2.05) is 0 Å². The Labute approximate surface area is 96.9 Å². The number of pyridine rings is 1. The predicted molar refractivity (Wildman–Crippen MR) is 65.8 cm³/mol. The molecule has 0 aromatic carbocycles. The fourth-order valence-electron chi connectivity index (χ4n) is 2.98. The minimum atomic E-state index is 0.688. The van der Waals surface area contributed by atoms with Crippen LogP contribution in [0.4, 0.5) is 5.69 Å². The summed E-state index contributed by atoms with van der Waals surface area (Å²) in [5.74, 6) is 0. The van der Waals surface area contributed by atoms with Crippen LogP contribution in [0.5, 0.6) is 0 Å². The highest BCUT2D eigenvalue weighted by Crippen LogP contribution is 2.31. The molecule has 3 nitrogen and oxygen atoms in total. The minimum absolute atomic E-state index is 0.688. The zero-order chi connectivity index (χ0) is 11.0. The normalized spacial score (nSPS) is 28.4. The molecule has 3 heteroatoms. The molecule has 86 valence electrons. The van der Waals surface area contributed by atoms with Gasteiger partial charge in [-0.15, -0.1) is 0 Å². The number of fused-ring (bicyclic) bond motifs is 2. The molecule has 1 aromatic heterocycles. The zero-order valence-electron chi connectivity index (χ0n) is 9.82. The van der Waals surface area contributed by atoms with Gasteiger partial charge in [-0.05, 0) is 31.4 Å². The fraction of sp³-hybridized carbons (Fsp3) is 0.615. The molecule has 16 heavy (non-hydrogen) atoms. The van der Waals surface area contributed by atoms with Crippen LogP contribution < -0.4 is 10.2 Å². The lowest BCUT2D eigenvalue weighted by Gasteiger charge is -2.37. The molecule has 2 unspecified atom stereocenters. The third kappa shape index (κ3) is 1.59. The molecule has 0 saturated carbocycles. The van der Waals surface area contributed by atoms with E-state index in [1.54, 1.807) is 0 Å². The Kier molecular flexibility index (Phi) is 2.56. The minimum Gasteiger partial charge on any atom is -0.362 e. The van der Waals surface area contributed by atoms with Crippen molar-refractivity contribution in [1.82, 2.24) is 10.3 Å². The highest BCUT2D eigenvalue weighted by molar-refractivity contribution is 5.49. The van der Waals surface area contributed by atoms with Crippen LogP contribution >= 0.6 is 0 Å². The van der Waals surface area contributed by atoms with Gasteiger partial charge >= 0.3 is 0 Å². The largest absolute Gasteiger partial charge is 0.362 e. The molecule has 0 aliphatic carbocycles. The fourth-order valence-corrected chi connectivity index (χ4v) is 2.98. The maximum absolute atomic E-state index is 4.51. The first-order valence-electron chi connectivity index (χ1n) is 6.32. The van der Waals surface area contributed by atoms with Gasteiger partial charge in [-0.3, -0.25) is 4.98 Å². The monoisotopic (exact) mass is 217 g/mol. The number of piperazine rings is 1. The lowest BCUT2D eigenvalue weighted by Crippen LogP contribution is -2.52. The van der Waals surface area contributed by atoms with Gasteiger partial charge in [-0.1, -0.05) is 6.92 Å². The predicted octanol–water partition coefficient (Wildman–Crippen LogP) is 1.58. The van der Waals surface area contributed by atoms with Crippen molar-refractivity contribution in [3.05, 3.63) is 24.0 Å². The van der Waals surface area contributed by atoms with Crippen molar-refractivity contribution in [1.29, 1.82) is 0 Å². The smallest absolute Gasteiger partial charge is 0.0558 e. The molecule has 0 radical (unpaired) electrons. The summed E-state index contributed by atoms with van der Waals surface area (Å²) in [6.45, 7) is 4.41. The van der Waals surface area contributed by atoms with Crippen LogP contribution in [0.15, 0.2) is 18.3 Å². The second-order valence-electron chi connectivity index (χ2n) is 4.81. The Hall–Kier alpha value is -1.09. The van der Waals surface area contributed by atoms with Crippen LogP contribution in [0.1, 0.15) is 25.5 Å². The molecule has 1 N–H and O–H groups in total. The summed E-state index contributed by atoms with van der Waals surface area (Å²) in [5, 5.41) is 3.51. The van der Waals surface area contributed by atoms with Crippen molar-refractivity contribution in [2.75, 3.05) is 18.0 Å². The Morgan fingerprint density at radius 3 is 2.62 bits per heavy atom. The first-order chi connectivity index (χ1) is 7.88. The van der Waals surface area contributed by atoms with Gasteiger partial charge in [0.2, 0.25) is 0 Å². The van der Waals surface area contributed by atoms with Gasteiger partial charge in [0.25, 0.3) is 0 Å². The third-order valence-electron chi connectivity index (χ3n) is 3.85. The molecule has 0 spiro atoms. The van der Waals surface area contributed by atoms with Crippen molar-refractivity contribution in [2.24, 2.45) is 0 Å². The molecule has 2 fully saturated rings. The lowest BCUT2D eigenvalue weighted by atomic mass is 10.2. The van der Waals surface area contributed by atoms with E-state index in [-0.39, 0.29) is 0 Å². The SMILES string of the molecule is CCc1ccc(N2C3CCC2CNC3)cn1. The van der Waals surface area contributed by atoms with Crippen molar-refractivity contribution in [3.63, 3.8) is 0 Å². The second kappa shape index (κ2) is 4.06. The molecule has 2 aliphatic rings. The lowest BCUT2D eigenvalue weighted by molar-refractivity contribution is 0.484. The molecule has 1 aromatic rings. The van der Waals surface area contributed by atoms with E-state index in [9.17, 15) is 0 Å². The Balaban J connectivity index is 1.86. The highest BCUT2D eigenvalue weighted by atomic mass is 15.3. The van der Waals surface area contributed by atoms with Gasteiger partial charge in [-0.25, -0.2) is 0 Å². The number of hydrogen-bond donors (Lipinski definition) is 1. The molecule has 2 aliphatic heterocycles. The molecule has 3 rings (SSSR count). The van der Waals surface area contributed by atoms with Crippen molar-refractivity contribution in [2.45, 2.75) is 38.3 Å². The summed E-state index contributed by atoms with van der Waals surface area (Å²) in [4.78, 5) is 7.08. The summed E-state index contributed by atoms with van der Waals surface area (Å²) >= 11 is 0. The molecule has 3 heterocycles. The number of rotatable bonds is 2. The summed E-state index contributed by atoms with van der Waals surface area (Å²) in [5.41, 5.74) is 2.50. The first kappa shape index (κ1) is 10.1. The van der Waals surface area contributed by atoms with Gasteiger partial charge in [0.15, 0.2) is 0 Å². The van der Waals surface area contributed by atoms with Crippen LogP contribution in [0.2, 0.25) is 0 Å². The van der Waals surface area contributed by atoms with Gasteiger partial charge < -0.3 is 10.2 Å². The highest BCUT2D eigenvalue weighted by Gasteiger charge is 2.36. The van der Waals surface area contributed by atoms with E-state index in [0.29, 0.717) is 12.1 Å². The topological polar surface area (TPSA) is 28.2 Å². The summed E-state index contributed by atoms with van der Waals surface area (Å²) in [6, 6.07) is 5.78. The van der Waals surface area contributed by atoms with Crippen LogP contribution in [0.25, 0.3) is 0 Å². The Morgan fingerprint density at radius 1 is 1.31 bits per heavy atom. The number of nitrogens with zero attached hydrogens (tertiary/aromatic N) is 2. The number of aryl methyl sites for hydroxylation is 1. The van der Waals surface area contributed by atoms with Crippen molar-refractivity contribution >= 4 is 5.69 Å². The number of aromatic nitrogens is 1. The molecular weight excluding hydrogens is 198 g/mol. The van der Waals surface area contributed by atoms with Crippen molar-refractivity contribution < 1.29 is 0 Å². The first-order valence-corrected chi connectivity index (χ1v) is 6.32. The van der Waals surface area contributed by atoms with E-state index in [0.717, 1.165) is 19.5 Å². The van der Waals surface area contributed by atoms with E-state index in [1.165, 1.54) is 24.2 Å². The Bertz CT molecular complexity index is 344. The summed E-state index contributed by atoms with van der Waals surface area (Å²) in [7, 11) is 0. The van der Waals surface area contributed by atoms with Crippen LogP contribution in [-0.4, -0.2) is 30.2 Å². The third-order valence-corrected chi connectivity index (χ3v) is 3.85. The maximum Gasteiger partial charge on any atom is 0.0558 e. The van der Waals surface area contributed by atoms with Gasteiger partial charge in [0.05, 0.1) is 11.9 Å². The van der Waals surface area contributed by atoms with E-state index in [4.69, 9.17) is 0 Å². The van der Waals surface area contributed by atoms with Crippen LogP contribution in [-0.2, 0) is 6.42 Å². The molecule has 2 bridgehead atoms. The average Bonchev–Trinajstić information content (AvgIpc) is 2.59. The van der Waals surface area contributed by atoms with E-state index >= 15 is 0 Å². The molecular formula is C13H19N3. The molecule has 0 amide bonds. The van der Waals surface area contributed by atoms with E-state index in [2.05, 4.69) is 40.5 Å². The van der Waals surface area contributed by atoms with Gasteiger partial charge in [-0.2, -0.15) is 0 Å². The quantitative estimate of drug-likeness (QED) is 0.815. The summed E-state index contributed by atoms with van der Waals surface area (Å²) < 4.78 is 0. The molecule has 2 atom stereocenters. The Morgan fingerprint density at radius 2 is 2.06 bits per heavy atom. The van der Waals surface area contributed by atoms with Crippen LogP contribution in [0, 0.1) is 0 Å². The van der Waals surface area contributed by atoms with Gasteiger partial charge in [0, 0.05) is 30.9 Å². The number of nitrogens with one attached hydrogen (secondary N) is 1. The second-order valence-corrected chi connectivity index (χ2v) is 4.81. The maximum atomic E-state index is 4.51. The standard InChI is InChI=1S/C13H19N3/c1-2-10-3-4-13(9-15-10)16-11-5-6-12(16)8-14-7-11/h3-4,9,11-12,14H,2,5-8H2,1H3. The van der Waals surface area contributed by atoms with E-state index < -0.39 is 0 Å². The zero-order valence-corrected chi connectivity index (χ0v) is 9.82. The number of hydrogen-bond acceptors (Lipinski definition) is 3. The molecule has 2 saturated heterocycles. The average molecular weight is 217 g/mol. The number of anilines is 1.